The lowest BCUT2D eigenvalue weighted by Crippen LogP contribution is -2.39. The summed E-state index contributed by atoms with van der Waals surface area (Å²) in [5.74, 6) is -0.968. The lowest BCUT2D eigenvalue weighted by atomic mass is 9.75. The Bertz CT molecular complexity index is 1370. The first-order valence-corrected chi connectivity index (χ1v) is 14.5. The van der Waals surface area contributed by atoms with E-state index in [0.29, 0.717) is 23.0 Å². The number of rotatable bonds is 8. The maximum atomic E-state index is 12.7. The van der Waals surface area contributed by atoms with Gasteiger partial charge in [-0.25, -0.2) is 0 Å². The number of phenols is 4. The average Bonchev–Trinajstić information content (AvgIpc) is 3.00. The number of nitrogens with one attached hydrogen (secondary N) is 2. The summed E-state index contributed by atoms with van der Waals surface area (Å²) < 4.78 is 0. The predicted octanol–water partition coefficient (Wildman–Crippen LogP) is 4.76. The Morgan fingerprint density at radius 3 is 1.35 bits per heavy atom. The molecule has 10 heteroatoms. The summed E-state index contributed by atoms with van der Waals surface area (Å²) in [4.78, 5) is 25.4. The van der Waals surface area contributed by atoms with Crippen LogP contribution in [0.2, 0.25) is 0 Å². The molecule has 224 valence electrons. The molecule has 0 unspecified atom stereocenters. The zero-order valence-corrected chi connectivity index (χ0v) is 23.8. The molecule has 2 aliphatic rings. The number of phenolic OH excluding ortho intramolecular Hbond substituents is 4. The van der Waals surface area contributed by atoms with E-state index < -0.39 is 11.8 Å². The highest BCUT2D eigenvalue weighted by Gasteiger charge is 2.29. The second-order valence-electron chi connectivity index (χ2n) is 11.5. The molecule has 10 nitrogen and oxygen atoms in total. The van der Waals surface area contributed by atoms with Crippen molar-refractivity contribution in [1.82, 2.24) is 10.6 Å². The molecule has 0 aliphatic heterocycles. The molecule has 6 N–H and O–H groups in total. The first kappa shape index (κ1) is 31.0. The topological polar surface area (TPSA) is 187 Å². The van der Waals surface area contributed by atoms with Gasteiger partial charge in [0.15, 0.2) is 23.0 Å². The van der Waals surface area contributed by atoms with Gasteiger partial charge in [-0.1, -0.05) is 12.1 Å². The molecule has 0 aromatic heterocycles. The van der Waals surface area contributed by atoms with Gasteiger partial charge in [0.2, 0.25) is 0 Å². The molecule has 2 aliphatic carbocycles. The van der Waals surface area contributed by atoms with Crippen molar-refractivity contribution in [1.29, 1.82) is 10.5 Å². The van der Waals surface area contributed by atoms with Gasteiger partial charge >= 0.3 is 0 Å². The molecule has 0 heterocycles. The van der Waals surface area contributed by atoms with Crippen LogP contribution in [0, 0.1) is 34.5 Å². The van der Waals surface area contributed by atoms with Crippen LogP contribution in [0.5, 0.6) is 23.0 Å². The van der Waals surface area contributed by atoms with Crippen molar-refractivity contribution in [3.05, 3.63) is 58.7 Å². The van der Waals surface area contributed by atoms with Gasteiger partial charge in [-0.15, -0.1) is 0 Å². The number of carbonyl (C=O) groups excluding carboxylic acids is 2. The minimum Gasteiger partial charge on any atom is -0.504 e. The molecule has 2 saturated carbocycles. The van der Waals surface area contributed by atoms with Crippen molar-refractivity contribution in [2.75, 3.05) is 0 Å². The number of carbonyl (C=O) groups is 2. The van der Waals surface area contributed by atoms with Gasteiger partial charge in [-0.05, 0) is 117 Å². The van der Waals surface area contributed by atoms with E-state index in [9.17, 15) is 40.5 Å². The zero-order valence-electron chi connectivity index (χ0n) is 23.8. The van der Waals surface area contributed by atoms with Crippen LogP contribution in [0.4, 0.5) is 0 Å². The Morgan fingerprint density at radius 2 is 1.02 bits per heavy atom. The fraction of sp³-hybridized carbons (Fsp3) is 0.394. The molecule has 0 atom stereocenters. The van der Waals surface area contributed by atoms with Gasteiger partial charge in [-0.3, -0.25) is 9.59 Å². The number of nitriles is 2. The largest absolute Gasteiger partial charge is 0.504 e. The lowest BCUT2D eigenvalue weighted by molar-refractivity contribution is -0.118. The molecule has 0 bridgehead atoms. The Morgan fingerprint density at radius 1 is 0.651 bits per heavy atom. The second kappa shape index (κ2) is 14.3. The zero-order chi connectivity index (χ0) is 30.9. The van der Waals surface area contributed by atoms with Gasteiger partial charge in [0.1, 0.15) is 23.3 Å². The van der Waals surface area contributed by atoms with E-state index in [-0.39, 0.29) is 46.2 Å². The van der Waals surface area contributed by atoms with E-state index >= 15 is 0 Å². The molecule has 4 rings (SSSR count). The molecule has 2 aromatic carbocycles. The molecule has 43 heavy (non-hydrogen) atoms. The van der Waals surface area contributed by atoms with Crippen molar-refractivity contribution >= 4 is 24.0 Å². The number of nitrogens with zero attached hydrogens (tertiary/aromatic N) is 2. The number of benzene rings is 2. The minimum absolute atomic E-state index is 0.00685. The summed E-state index contributed by atoms with van der Waals surface area (Å²) in [6.45, 7) is 0. The van der Waals surface area contributed by atoms with Gasteiger partial charge < -0.3 is 31.1 Å². The van der Waals surface area contributed by atoms with Gasteiger partial charge in [-0.2, -0.15) is 10.5 Å². The van der Waals surface area contributed by atoms with Crippen molar-refractivity contribution in [3.63, 3.8) is 0 Å². The Hall–Kier alpha value is -4.96. The Kier molecular flexibility index (Phi) is 10.3. The fourth-order valence-corrected chi connectivity index (χ4v) is 5.97. The van der Waals surface area contributed by atoms with Gasteiger partial charge in [0.05, 0.1) is 0 Å². The summed E-state index contributed by atoms with van der Waals surface area (Å²) in [5.41, 5.74) is 0.760. The summed E-state index contributed by atoms with van der Waals surface area (Å²) in [6.07, 6.45) is 11.2. The van der Waals surface area contributed by atoms with Crippen LogP contribution in [-0.2, 0) is 9.59 Å². The number of hydrogen-bond donors (Lipinski definition) is 6. The standard InChI is InChI=1S/C33H36N4O6/c34-18-24(14-22-5-11-28(38)30(40)16-22)32(42)36-26-7-1-20(2-8-26)13-21-3-9-27(10-4-21)37-33(43)25(19-35)15-23-6-12-29(39)31(41)17-23/h5-6,11-12,14-17,20-21,26-27,38-41H,1-4,7-10,13H2,(H,36,42)(H,37,43)/b24-14+,25-15+. The fourth-order valence-electron chi connectivity index (χ4n) is 5.97. The number of aromatic hydroxyl groups is 4. The second-order valence-corrected chi connectivity index (χ2v) is 11.5. The molecular weight excluding hydrogens is 548 g/mol. The van der Waals surface area contributed by atoms with Crippen LogP contribution in [0.1, 0.15) is 68.9 Å². The highest BCUT2D eigenvalue weighted by Crippen LogP contribution is 2.36. The first-order chi connectivity index (χ1) is 20.6. The molecule has 0 spiro atoms. The third-order valence-corrected chi connectivity index (χ3v) is 8.38. The Labute approximate surface area is 250 Å². The van der Waals surface area contributed by atoms with Gasteiger partial charge in [0.25, 0.3) is 11.8 Å². The SMILES string of the molecule is N#C/C(=C\c1ccc(O)c(O)c1)C(=O)NC1CCC(CC2CCC(NC(=O)/C(C#N)=C/c3ccc(O)c(O)c3)CC2)CC1. The van der Waals surface area contributed by atoms with Crippen LogP contribution in [0.25, 0.3) is 12.2 Å². The molecule has 2 aromatic rings. The highest BCUT2D eigenvalue weighted by atomic mass is 16.3. The van der Waals surface area contributed by atoms with Crippen LogP contribution in [-0.4, -0.2) is 44.3 Å². The van der Waals surface area contributed by atoms with Crippen LogP contribution >= 0.6 is 0 Å². The maximum absolute atomic E-state index is 12.7. The van der Waals surface area contributed by atoms with Crippen molar-refractivity contribution in [2.45, 2.75) is 69.9 Å². The molecular formula is C33H36N4O6. The van der Waals surface area contributed by atoms with E-state index in [4.69, 9.17) is 0 Å². The van der Waals surface area contributed by atoms with Crippen LogP contribution in [0.15, 0.2) is 47.5 Å². The van der Waals surface area contributed by atoms with Crippen molar-refractivity contribution in [2.24, 2.45) is 11.8 Å². The van der Waals surface area contributed by atoms with Crippen molar-refractivity contribution in [3.8, 4) is 35.1 Å². The third-order valence-electron chi connectivity index (χ3n) is 8.38. The number of amides is 2. The van der Waals surface area contributed by atoms with E-state index in [1.165, 1.54) is 48.6 Å². The molecule has 0 saturated heterocycles. The van der Waals surface area contributed by atoms with Gasteiger partial charge in [0, 0.05) is 12.1 Å². The summed E-state index contributed by atoms with van der Waals surface area (Å²) in [6, 6.07) is 12.0. The minimum atomic E-state index is -0.450. The summed E-state index contributed by atoms with van der Waals surface area (Å²) in [7, 11) is 0. The normalized spacial score (nSPS) is 22.6. The summed E-state index contributed by atoms with van der Waals surface area (Å²) >= 11 is 0. The van der Waals surface area contributed by atoms with Crippen LogP contribution < -0.4 is 10.6 Å². The quantitative estimate of drug-likeness (QED) is 0.145. The number of hydrogen-bond acceptors (Lipinski definition) is 8. The van der Waals surface area contributed by atoms with Crippen LogP contribution in [0.3, 0.4) is 0 Å². The third kappa shape index (κ3) is 8.52. The maximum Gasteiger partial charge on any atom is 0.262 e. The molecule has 2 fully saturated rings. The van der Waals surface area contributed by atoms with E-state index in [2.05, 4.69) is 10.6 Å². The molecule has 0 radical (unpaired) electrons. The average molecular weight is 585 g/mol. The Balaban J connectivity index is 1.19. The smallest absolute Gasteiger partial charge is 0.262 e. The summed E-state index contributed by atoms with van der Waals surface area (Å²) in [5, 5.41) is 63.1. The molecule has 2 amide bonds. The van der Waals surface area contributed by atoms with E-state index in [1.54, 1.807) is 0 Å². The van der Waals surface area contributed by atoms with E-state index in [1.807, 2.05) is 12.1 Å². The predicted molar refractivity (Wildman–Crippen MR) is 159 cm³/mol. The monoisotopic (exact) mass is 584 g/mol. The first-order valence-electron chi connectivity index (χ1n) is 14.5. The highest BCUT2D eigenvalue weighted by molar-refractivity contribution is 6.02. The lowest BCUT2D eigenvalue weighted by Gasteiger charge is -2.34. The van der Waals surface area contributed by atoms with Crippen molar-refractivity contribution < 1.29 is 30.0 Å². The van der Waals surface area contributed by atoms with E-state index in [0.717, 1.165) is 57.8 Å².